The molecular weight excluding hydrogens is 390 g/mol. The van der Waals surface area contributed by atoms with Crippen LogP contribution < -0.4 is 14.8 Å². The monoisotopic (exact) mass is 419 g/mol. The normalized spacial score (nSPS) is 19.7. The molecule has 0 radical (unpaired) electrons. The van der Waals surface area contributed by atoms with Crippen molar-refractivity contribution < 1.29 is 19.0 Å². The van der Waals surface area contributed by atoms with Crippen LogP contribution in [0.25, 0.3) is 10.6 Å². The number of hydrogen-bond donors (Lipinski definition) is 1. The van der Waals surface area contributed by atoms with E-state index in [4.69, 9.17) is 14.2 Å². The third-order valence-electron chi connectivity index (χ3n) is 4.80. The molecule has 1 aliphatic heterocycles. The Balaban J connectivity index is 1.50. The van der Waals surface area contributed by atoms with Gasteiger partial charge in [0.05, 0.1) is 26.4 Å². The van der Waals surface area contributed by atoms with Gasteiger partial charge >= 0.3 is 0 Å². The van der Waals surface area contributed by atoms with Gasteiger partial charge in [-0.05, 0) is 38.5 Å². The highest BCUT2D eigenvalue weighted by atomic mass is 32.1. The molecule has 29 heavy (non-hydrogen) atoms. The van der Waals surface area contributed by atoms with Gasteiger partial charge in [-0.25, -0.2) is 4.98 Å². The number of nitrogens with one attached hydrogen (secondary N) is 1. The van der Waals surface area contributed by atoms with Crippen LogP contribution in [0.4, 0.5) is 0 Å². The summed E-state index contributed by atoms with van der Waals surface area (Å²) in [5.41, 5.74) is 1.33. The fourth-order valence-corrected chi connectivity index (χ4v) is 4.34. The fraction of sp³-hybridized carbons (Fsp3) is 0.524. The second-order valence-corrected chi connectivity index (χ2v) is 8.09. The van der Waals surface area contributed by atoms with Crippen molar-refractivity contribution in [2.75, 3.05) is 40.4 Å². The van der Waals surface area contributed by atoms with Crippen LogP contribution in [0, 0.1) is 0 Å². The molecule has 1 aromatic heterocycles. The van der Waals surface area contributed by atoms with Gasteiger partial charge in [0.1, 0.15) is 10.7 Å². The third-order valence-corrected chi connectivity index (χ3v) is 5.69. The second-order valence-electron chi connectivity index (χ2n) is 7.23. The molecule has 0 saturated carbocycles. The zero-order valence-corrected chi connectivity index (χ0v) is 18.3. The van der Waals surface area contributed by atoms with Gasteiger partial charge < -0.3 is 19.5 Å². The molecule has 3 rings (SSSR count). The van der Waals surface area contributed by atoms with Crippen molar-refractivity contribution in [1.82, 2.24) is 15.2 Å². The number of amides is 1. The quantitative estimate of drug-likeness (QED) is 0.663. The summed E-state index contributed by atoms with van der Waals surface area (Å²) in [6, 6.07) is 5.61. The van der Waals surface area contributed by atoms with E-state index in [1.165, 1.54) is 11.3 Å². The first-order chi connectivity index (χ1) is 14.0. The highest BCUT2D eigenvalue weighted by molar-refractivity contribution is 7.13. The van der Waals surface area contributed by atoms with Crippen LogP contribution in [0.1, 0.15) is 30.8 Å². The van der Waals surface area contributed by atoms with E-state index in [1.54, 1.807) is 19.6 Å². The van der Waals surface area contributed by atoms with Gasteiger partial charge in [0.25, 0.3) is 5.91 Å². The van der Waals surface area contributed by atoms with Crippen molar-refractivity contribution >= 4 is 17.2 Å². The Morgan fingerprint density at radius 1 is 1.24 bits per heavy atom. The van der Waals surface area contributed by atoms with E-state index < -0.39 is 0 Å². The van der Waals surface area contributed by atoms with Gasteiger partial charge in [-0.1, -0.05) is 0 Å². The van der Waals surface area contributed by atoms with Crippen molar-refractivity contribution in [2.24, 2.45) is 0 Å². The Hall–Kier alpha value is -2.16. The first-order valence-corrected chi connectivity index (χ1v) is 10.7. The number of morpholine rings is 1. The zero-order valence-electron chi connectivity index (χ0n) is 17.4. The molecule has 1 N–H and O–H groups in total. The van der Waals surface area contributed by atoms with E-state index in [1.807, 2.05) is 18.2 Å². The van der Waals surface area contributed by atoms with Crippen molar-refractivity contribution in [3.8, 4) is 22.1 Å². The highest BCUT2D eigenvalue weighted by Crippen LogP contribution is 2.33. The summed E-state index contributed by atoms with van der Waals surface area (Å²) in [4.78, 5) is 19.3. The maximum absolute atomic E-state index is 12.4. The van der Waals surface area contributed by atoms with Crippen LogP contribution in [-0.2, 0) is 4.74 Å². The molecule has 0 aliphatic carbocycles. The molecule has 2 atom stereocenters. The van der Waals surface area contributed by atoms with Crippen LogP contribution in [0.5, 0.6) is 11.5 Å². The lowest BCUT2D eigenvalue weighted by atomic mass is 10.2. The SMILES string of the molecule is COc1ccc(-c2nc(C(=O)NCCCN3C[C@@H](C)O[C@@H](C)C3)cs2)cc1OC. The number of carbonyl (C=O) groups excluding carboxylic acids is 1. The van der Waals surface area contributed by atoms with Crippen LogP contribution in [-0.4, -0.2) is 68.4 Å². The van der Waals surface area contributed by atoms with Crippen LogP contribution in [0.3, 0.4) is 0 Å². The van der Waals surface area contributed by atoms with Crippen molar-refractivity contribution in [3.05, 3.63) is 29.3 Å². The predicted octanol–water partition coefficient (Wildman–Crippen LogP) is 3.06. The zero-order chi connectivity index (χ0) is 20.8. The molecule has 0 spiro atoms. The lowest BCUT2D eigenvalue weighted by Gasteiger charge is -2.35. The number of aromatic nitrogens is 1. The van der Waals surface area contributed by atoms with Gasteiger partial charge in [0.2, 0.25) is 0 Å². The summed E-state index contributed by atoms with van der Waals surface area (Å²) >= 11 is 1.44. The topological polar surface area (TPSA) is 72.9 Å². The number of nitrogens with zero attached hydrogens (tertiary/aromatic N) is 2. The highest BCUT2D eigenvalue weighted by Gasteiger charge is 2.21. The largest absolute Gasteiger partial charge is 0.493 e. The lowest BCUT2D eigenvalue weighted by molar-refractivity contribution is -0.0679. The molecule has 2 heterocycles. The Labute approximate surface area is 176 Å². The lowest BCUT2D eigenvalue weighted by Crippen LogP contribution is -2.46. The summed E-state index contributed by atoms with van der Waals surface area (Å²) in [5, 5.41) is 5.52. The molecule has 8 heteroatoms. The van der Waals surface area contributed by atoms with E-state index in [9.17, 15) is 4.79 Å². The molecule has 1 saturated heterocycles. The van der Waals surface area contributed by atoms with E-state index in [0.29, 0.717) is 23.7 Å². The smallest absolute Gasteiger partial charge is 0.270 e. The average molecular weight is 420 g/mol. The maximum atomic E-state index is 12.4. The van der Waals surface area contributed by atoms with Crippen molar-refractivity contribution in [1.29, 1.82) is 0 Å². The summed E-state index contributed by atoms with van der Waals surface area (Å²) in [7, 11) is 3.20. The number of rotatable bonds is 8. The molecule has 0 unspecified atom stereocenters. The Morgan fingerprint density at radius 2 is 1.97 bits per heavy atom. The van der Waals surface area contributed by atoms with Crippen molar-refractivity contribution in [2.45, 2.75) is 32.5 Å². The second kappa shape index (κ2) is 10.0. The predicted molar refractivity (Wildman–Crippen MR) is 114 cm³/mol. The Morgan fingerprint density at radius 3 is 2.66 bits per heavy atom. The van der Waals surface area contributed by atoms with Crippen LogP contribution in [0.2, 0.25) is 0 Å². The molecule has 1 amide bonds. The molecule has 1 aromatic carbocycles. The number of thiazole rings is 1. The minimum Gasteiger partial charge on any atom is -0.493 e. The van der Waals surface area contributed by atoms with Gasteiger partial charge in [-0.15, -0.1) is 11.3 Å². The van der Waals surface area contributed by atoms with Gasteiger partial charge in [-0.3, -0.25) is 9.69 Å². The van der Waals surface area contributed by atoms with E-state index in [-0.39, 0.29) is 18.1 Å². The van der Waals surface area contributed by atoms with E-state index >= 15 is 0 Å². The number of carbonyl (C=O) groups is 1. The number of hydrogen-bond acceptors (Lipinski definition) is 7. The minimum atomic E-state index is -0.142. The van der Waals surface area contributed by atoms with Gasteiger partial charge in [0, 0.05) is 37.1 Å². The summed E-state index contributed by atoms with van der Waals surface area (Å²) in [6.07, 6.45) is 1.43. The molecular formula is C21H29N3O4S. The van der Waals surface area contributed by atoms with Gasteiger partial charge in [0.15, 0.2) is 11.5 Å². The summed E-state index contributed by atoms with van der Waals surface area (Å²) in [5.74, 6) is 1.16. The number of benzene rings is 1. The fourth-order valence-electron chi connectivity index (χ4n) is 3.54. The summed E-state index contributed by atoms with van der Waals surface area (Å²) < 4.78 is 16.4. The Kier molecular flexibility index (Phi) is 7.46. The third kappa shape index (κ3) is 5.68. The molecule has 0 bridgehead atoms. The Bertz CT molecular complexity index is 816. The van der Waals surface area contributed by atoms with Crippen molar-refractivity contribution in [3.63, 3.8) is 0 Å². The molecule has 2 aromatic rings. The van der Waals surface area contributed by atoms with E-state index in [2.05, 4.69) is 29.0 Å². The minimum absolute atomic E-state index is 0.142. The average Bonchev–Trinajstić information content (AvgIpc) is 3.20. The molecule has 1 aliphatic rings. The first kappa shape index (κ1) is 21.5. The molecule has 158 valence electrons. The van der Waals surface area contributed by atoms with Crippen LogP contribution in [0.15, 0.2) is 23.6 Å². The molecule has 1 fully saturated rings. The van der Waals surface area contributed by atoms with E-state index in [0.717, 1.165) is 36.6 Å². The van der Waals surface area contributed by atoms with Gasteiger partial charge in [-0.2, -0.15) is 0 Å². The first-order valence-electron chi connectivity index (χ1n) is 9.84. The summed E-state index contributed by atoms with van der Waals surface area (Å²) in [6.45, 7) is 7.66. The number of methoxy groups -OCH3 is 2. The maximum Gasteiger partial charge on any atom is 0.270 e. The molecule has 7 nitrogen and oxygen atoms in total. The van der Waals surface area contributed by atoms with Crippen LogP contribution >= 0.6 is 11.3 Å². The standard InChI is InChI=1S/C21H29N3O4S/c1-14-11-24(12-15(2)28-14)9-5-8-22-20(25)17-13-29-21(23-17)16-6-7-18(26-3)19(10-16)27-4/h6-7,10,13-15H,5,8-9,11-12H2,1-4H3,(H,22,25)/t14-,15+. The number of ether oxygens (including phenoxy) is 3.